The second-order valence-electron chi connectivity index (χ2n) is 6.31. The molecule has 0 aliphatic rings. The molecule has 3 rings (SSSR count). The fourth-order valence-electron chi connectivity index (χ4n) is 2.90. The molecule has 130 valence electrons. The molecule has 4 heteroatoms. The van der Waals surface area contributed by atoms with Crippen LogP contribution in [0.15, 0.2) is 66.9 Å². The molecule has 4 nitrogen and oxygen atoms in total. The minimum absolute atomic E-state index is 0.133. The highest BCUT2D eigenvalue weighted by Gasteiger charge is 2.17. The Morgan fingerprint density at radius 2 is 1.80 bits per heavy atom. The largest absolute Gasteiger partial charge is 0.490 e. The van der Waals surface area contributed by atoms with E-state index in [9.17, 15) is 5.11 Å². The lowest BCUT2D eigenvalue weighted by atomic mass is 10.1. The normalized spacial score (nSPS) is 13.8. The number of hydrogen-bond donors (Lipinski definition) is 1. The van der Waals surface area contributed by atoms with Crippen LogP contribution in [-0.2, 0) is 0 Å². The Labute approximate surface area is 148 Å². The molecule has 1 heterocycles. The van der Waals surface area contributed by atoms with Crippen LogP contribution >= 0.6 is 0 Å². The number of hydrogen-bond acceptors (Lipinski definition) is 4. The number of fused-ring (bicyclic) bond motifs is 1. The lowest BCUT2D eigenvalue weighted by molar-refractivity contribution is 0.0653. The third kappa shape index (κ3) is 4.35. The van der Waals surface area contributed by atoms with Crippen molar-refractivity contribution in [1.29, 1.82) is 0 Å². The van der Waals surface area contributed by atoms with Gasteiger partial charge in [0.25, 0.3) is 0 Å². The standard InChI is InChI=1S/C21H24N2O2/c1-16(20-11-5-6-13-22-20)23(2)14-18(24)15-25-21-12-7-9-17-8-3-4-10-19(17)21/h3-13,16,18,24H,14-15H2,1-2H3. The van der Waals surface area contributed by atoms with Crippen LogP contribution < -0.4 is 4.74 Å². The van der Waals surface area contributed by atoms with E-state index in [4.69, 9.17) is 4.74 Å². The Kier molecular flexibility index (Phi) is 5.64. The van der Waals surface area contributed by atoms with E-state index in [0.717, 1.165) is 22.2 Å². The summed E-state index contributed by atoms with van der Waals surface area (Å²) >= 11 is 0. The molecule has 1 aromatic heterocycles. The summed E-state index contributed by atoms with van der Waals surface area (Å²) < 4.78 is 5.88. The number of aromatic nitrogens is 1. The van der Waals surface area contributed by atoms with Gasteiger partial charge in [0.05, 0.1) is 5.69 Å². The van der Waals surface area contributed by atoms with Gasteiger partial charge in [0.15, 0.2) is 0 Å². The number of pyridine rings is 1. The maximum atomic E-state index is 10.4. The first-order valence-electron chi connectivity index (χ1n) is 8.55. The number of ether oxygens (including phenoxy) is 1. The van der Waals surface area contributed by atoms with Gasteiger partial charge in [0.1, 0.15) is 18.5 Å². The number of benzene rings is 2. The third-order valence-corrected chi connectivity index (χ3v) is 4.46. The Morgan fingerprint density at radius 3 is 2.60 bits per heavy atom. The van der Waals surface area contributed by atoms with Gasteiger partial charge in [-0.25, -0.2) is 0 Å². The van der Waals surface area contributed by atoms with Gasteiger partial charge in [0.2, 0.25) is 0 Å². The minimum Gasteiger partial charge on any atom is -0.490 e. The van der Waals surface area contributed by atoms with E-state index < -0.39 is 6.10 Å². The van der Waals surface area contributed by atoms with Crippen LogP contribution in [-0.4, -0.2) is 41.3 Å². The summed E-state index contributed by atoms with van der Waals surface area (Å²) in [5, 5.41) is 12.6. The van der Waals surface area contributed by atoms with Crippen molar-refractivity contribution in [2.75, 3.05) is 20.2 Å². The predicted molar refractivity (Wildman–Crippen MR) is 101 cm³/mol. The van der Waals surface area contributed by atoms with Crippen molar-refractivity contribution in [2.45, 2.75) is 19.1 Å². The number of aliphatic hydroxyl groups is 1. The molecule has 25 heavy (non-hydrogen) atoms. The average molecular weight is 336 g/mol. The van der Waals surface area contributed by atoms with Crippen LogP contribution in [0.3, 0.4) is 0 Å². The maximum absolute atomic E-state index is 10.4. The van der Waals surface area contributed by atoms with Crippen LogP contribution in [0, 0.1) is 0 Å². The number of nitrogens with zero attached hydrogens (tertiary/aromatic N) is 2. The molecule has 3 aromatic rings. The zero-order chi connectivity index (χ0) is 17.6. The molecule has 2 unspecified atom stereocenters. The molecule has 2 atom stereocenters. The molecule has 0 bridgehead atoms. The van der Waals surface area contributed by atoms with Gasteiger partial charge in [-0.15, -0.1) is 0 Å². The first kappa shape index (κ1) is 17.4. The zero-order valence-electron chi connectivity index (χ0n) is 14.7. The molecular formula is C21H24N2O2. The van der Waals surface area contributed by atoms with Gasteiger partial charge >= 0.3 is 0 Å². The SMILES string of the molecule is CC(c1ccccn1)N(C)CC(O)COc1cccc2ccccc12. The van der Waals surface area contributed by atoms with E-state index >= 15 is 0 Å². The molecule has 0 spiro atoms. The third-order valence-electron chi connectivity index (χ3n) is 4.46. The van der Waals surface area contributed by atoms with Gasteiger partial charge in [-0.2, -0.15) is 0 Å². The maximum Gasteiger partial charge on any atom is 0.127 e. The Morgan fingerprint density at radius 1 is 1.04 bits per heavy atom. The van der Waals surface area contributed by atoms with Gasteiger partial charge in [0, 0.05) is 24.2 Å². The van der Waals surface area contributed by atoms with Gasteiger partial charge in [-0.05, 0) is 37.6 Å². The summed E-state index contributed by atoms with van der Waals surface area (Å²) in [4.78, 5) is 6.46. The van der Waals surface area contributed by atoms with Crippen LogP contribution in [0.25, 0.3) is 10.8 Å². The smallest absolute Gasteiger partial charge is 0.127 e. The number of aliphatic hydroxyl groups excluding tert-OH is 1. The number of rotatable bonds is 7. The Hall–Kier alpha value is -2.43. The molecule has 0 aliphatic carbocycles. The summed E-state index contributed by atoms with van der Waals surface area (Å²) in [6.07, 6.45) is 1.22. The molecule has 2 aromatic carbocycles. The van der Waals surface area contributed by atoms with E-state index in [1.54, 1.807) is 6.20 Å². The van der Waals surface area contributed by atoms with Crippen molar-refractivity contribution in [3.63, 3.8) is 0 Å². The summed E-state index contributed by atoms with van der Waals surface area (Å²) in [6.45, 7) is 2.86. The average Bonchev–Trinajstić information content (AvgIpc) is 2.66. The first-order chi connectivity index (χ1) is 12.1. The van der Waals surface area contributed by atoms with Gasteiger partial charge in [-0.1, -0.05) is 42.5 Å². The Bertz CT molecular complexity index is 802. The quantitative estimate of drug-likeness (QED) is 0.715. The fourth-order valence-corrected chi connectivity index (χ4v) is 2.90. The molecule has 0 fully saturated rings. The molecule has 0 amide bonds. The fraction of sp³-hybridized carbons (Fsp3) is 0.286. The molecule has 1 N–H and O–H groups in total. The second-order valence-corrected chi connectivity index (χ2v) is 6.31. The topological polar surface area (TPSA) is 45.6 Å². The van der Waals surface area contributed by atoms with Crippen molar-refractivity contribution in [2.24, 2.45) is 0 Å². The van der Waals surface area contributed by atoms with Crippen LogP contribution in [0.4, 0.5) is 0 Å². The van der Waals surface area contributed by atoms with E-state index in [1.807, 2.05) is 55.6 Å². The molecule has 0 saturated carbocycles. The molecule has 0 aliphatic heterocycles. The second kappa shape index (κ2) is 8.10. The highest BCUT2D eigenvalue weighted by molar-refractivity contribution is 5.88. The lowest BCUT2D eigenvalue weighted by Crippen LogP contribution is -2.35. The summed E-state index contributed by atoms with van der Waals surface area (Å²) in [7, 11) is 1.99. The highest BCUT2D eigenvalue weighted by atomic mass is 16.5. The minimum atomic E-state index is -0.574. The summed E-state index contributed by atoms with van der Waals surface area (Å²) in [5.41, 5.74) is 0.993. The lowest BCUT2D eigenvalue weighted by Gasteiger charge is -2.26. The van der Waals surface area contributed by atoms with Crippen molar-refractivity contribution in [3.8, 4) is 5.75 Å². The molecular weight excluding hydrogens is 312 g/mol. The summed E-state index contributed by atoms with van der Waals surface area (Å²) in [6, 6.07) is 20.1. The van der Waals surface area contributed by atoms with E-state index in [0.29, 0.717) is 6.54 Å². The summed E-state index contributed by atoms with van der Waals surface area (Å²) in [5.74, 6) is 0.803. The van der Waals surface area contributed by atoms with Crippen LogP contribution in [0.5, 0.6) is 5.75 Å². The van der Waals surface area contributed by atoms with Gasteiger partial charge in [-0.3, -0.25) is 9.88 Å². The molecule has 0 radical (unpaired) electrons. The van der Waals surface area contributed by atoms with Crippen molar-refractivity contribution in [1.82, 2.24) is 9.88 Å². The Balaban J connectivity index is 1.58. The molecule has 0 saturated heterocycles. The predicted octanol–water partition coefficient (Wildman–Crippen LogP) is 3.67. The first-order valence-corrected chi connectivity index (χ1v) is 8.55. The monoisotopic (exact) mass is 336 g/mol. The van der Waals surface area contributed by atoms with Crippen molar-refractivity contribution in [3.05, 3.63) is 72.6 Å². The zero-order valence-corrected chi connectivity index (χ0v) is 14.7. The van der Waals surface area contributed by atoms with Gasteiger partial charge < -0.3 is 9.84 Å². The van der Waals surface area contributed by atoms with E-state index in [1.165, 1.54) is 0 Å². The van der Waals surface area contributed by atoms with Crippen molar-refractivity contribution >= 4 is 10.8 Å². The van der Waals surface area contributed by atoms with Crippen LogP contribution in [0.1, 0.15) is 18.7 Å². The van der Waals surface area contributed by atoms with E-state index in [2.05, 4.69) is 28.9 Å². The highest BCUT2D eigenvalue weighted by Crippen LogP contribution is 2.25. The van der Waals surface area contributed by atoms with Crippen molar-refractivity contribution < 1.29 is 9.84 Å². The van der Waals surface area contributed by atoms with Crippen LogP contribution in [0.2, 0.25) is 0 Å². The number of likely N-dealkylation sites (N-methyl/N-ethyl adjacent to an activating group) is 1. The van der Waals surface area contributed by atoms with E-state index in [-0.39, 0.29) is 12.6 Å².